The van der Waals surface area contributed by atoms with Gasteiger partial charge in [0, 0.05) is 35.5 Å². The Labute approximate surface area is 158 Å². The van der Waals surface area contributed by atoms with Crippen molar-refractivity contribution >= 4 is 5.78 Å². The molecule has 3 N–H and O–H groups in total. The number of carbonyl (C=O) groups excluding carboxylic acids is 1. The van der Waals surface area contributed by atoms with Gasteiger partial charge in [0.25, 0.3) is 0 Å². The second-order valence-electron chi connectivity index (χ2n) is 7.91. The molecule has 0 bridgehead atoms. The van der Waals surface area contributed by atoms with Gasteiger partial charge in [0.15, 0.2) is 5.78 Å². The number of benzene rings is 1. The zero-order valence-corrected chi connectivity index (χ0v) is 15.6. The number of rotatable bonds is 3. The molecule has 0 aliphatic heterocycles. The Bertz CT molecular complexity index is 1020. The molecule has 0 radical (unpaired) electrons. The Morgan fingerprint density at radius 2 is 1.81 bits per heavy atom. The normalized spacial score (nSPS) is 15.6. The van der Waals surface area contributed by atoms with Gasteiger partial charge in [-0.15, -0.1) is 0 Å². The molecule has 1 aromatic carbocycles. The molecule has 3 aromatic rings. The van der Waals surface area contributed by atoms with Crippen molar-refractivity contribution in [3.63, 3.8) is 0 Å². The van der Waals surface area contributed by atoms with E-state index in [-0.39, 0.29) is 17.8 Å². The highest BCUT2D eigenvalue weighted by Gasteiger charge is 2.38. The van der Waals surface area contributed by atoms with Crippen molar-refractivity contribution in [2.75, 3.05) is 5.84 Å². The third kappa shape index (κ3) is 2.84. The molecule has 1 aliphatic carbocycles. The molecule has 0 spiro atoms. The van der Waals surface area contributed by atoms with Gasteiger partial charge in [0.05, 0.1) is 18.0 Å². The van der Waals surface area contributed by atoms with Crippen molar-refractivity contribution in [3.05, 3.63) is 65.6 Å². The summed E-state index contributed by atoms with van der Waals surface area (Å²) in [4.78, 5) is 17.2. The van der Waals surface area contributed by atoms with Crippen LogP contribution in [0.3, 0.4) is 0 Å². The molecule has 0 amide bonds. The van der Waals surface area contributed by atoms with Crippen LogP contribution in [-0.2, 0) is 13.0 Å². The molecule has 1 aliphatic rings. The van der Waals surface area contributed by atoms with E-state index in [0.717, 1.165) is 40.1 Å². The summed E-state index contributed by atoms with van der Waals surface area (Å²) in [5.74, 6) is 6.65. The highest BCUT2D eigenvalue weighted by molar-refractivity contribution is 6.08. The molecule has 0 atom stereocenters. The van der Waals surface area contributed by atoms with Crippen LogP contribution >= 0.6 is 0 Å². The summed E-state index contributed by atoms with van der Waals surface area (Å²) in [7, 11) is 0. The number of nitrogen functional groups attached to an aromatic ring is 1. The Balaban J connectivity index is 2.10. The van der Waals surface area contributed by atoms with Gasteiger partial charge in [0.1, 0.15) is 0 Å². The van der Waals surface area contributed by atoms with Crippen molar-refractivity contribution in [3.8, 4) is 22.4 Å². The first-order valence-electron chi connectivity index (χ1n) is 9.08. The fourth-order valence-electron chi connectivity index (χ4n) is 4.11. The Morgan fingerprint density at radius 1 is 1.11 bits per heavy atom. The molecule has 0 saturated carbocycles. The van der Waals surface area contributed by atoms with Gasteiger partial charge in [-0.1, -0.05) is 38.1 Å². The molecular weight excluding hydrogens is 338 g/mol. The van der Waals surface area contributed by atoms with Gasteiger partial charge in [-0.3, -0.25) is 14.5 Å². The lowest BCUT2D eigenvalue weighted by Crippen LogP contribution is -2.29. The molecule has 0 fully saturated rings. The van der Waals surface area contributed by atoms with Crippen LogP contribution in [0.2, 0.25) is 0 Å². The van der Waals surface area contributed by atoms with E-state index in [9.17, 15) is 9.90 Å². The molecule has 5 nitrogen and oxygen atoms in total. The number of hydrogen-bond acceptors (Lipinski definition) is 4. The lowest BCUT2D eigenvalue weighted by Gasteiger charge is -2.29. The molecule has 0 unspecified atom stereocenters. The van der Waals surface area contributed by atoms with E-state index in [1.807, 2.05) is 36.4 Å². The van der Waals surface area contributed by atoms with Crippen LogP contribution in [0.25, 0.3) is 22.4 Å². The molecule has 2 heterocycles. The van der Waals surface area contributed by atoms with Gasteiger partial charge in [-0.05, 0) is 35.1 Å². The van der Waals surface area contributed by atoms with Crippen molar-refractivity contribution in [1.29, 1.82) is 0 Å². The molecule has 5 heteroatoms. The Morgan fingerprint density at radius 3 is 2.52 bits per heavy atom. The van der Waals surface area contributed by atoms with Crippen LogP contribution < -0.4 is 5.84 Å². The van der Waals surface area contributed by atoms with Crippen molar-refractivity contribution < 1.29 is 9.90 Å². The Hall–Kier alpha value is -2.92. The Kier molecular flexibility index (Phi) is 4.12. The number of aliphatic hydroxyl groups excluding tert-OH is 1. The summed E-state index contributed by atoms with van der Waals surface area (Å²) in [6.45, 7) is 4.08. The number of Topliss-reactive ketones (excluding diaryl/α,β-unsaturated/α-hetero) is 1. The van der Waals surface area contributed by atoms with Gasteiger partial charge < -0.3 is 10.9 Å². The zero-order chi connectivity index (χ0) is 19.2. The third-order valence-corrected chi connectivity index (χ3v) is 5.28. The lowest BCUT2D eigenvalue weighted by atomic mass is 9.74. The second-order valence-corrected chi connectivity index (χ2v) is 7.91. The van der Waals surface area contributed by atoms with Crippen LogP contribution in [0.1, 0.15) is 41.9 Å². The van der Waals surface area contributed by atoms with E-state index in [1.54, 1.807) is 17.1 Å². The van der Waals surface area contributed by atoms with E-state index < -0.39 is 0 Å². The highest BCUT2D eigenvalue weighted by atomic mass is 16.3. The average Bonchev–Trinajstić information content (AvgIpc) is 2.94. The lowest BCUT2D eigenvalue weighted by molar-refractivity contribution is 0.0911. The summed E-state index contributed by atoms with van der Waals surface area (Å²) < 4.78 is 1.66. The number of carbonyl (C=O) groups is 1. The number of nitrogens with two attached hydrogens (primary N) is 1. The van der Waals surface area contributed by atoms with Crippen LogP contribution in [0, 0.1) is 5.41 Å². The maximum absolute atomic E-state index is 13.1. The van der Waals surface area contributed by atoms with Crippen LogP contribution in [-0.4, -0.2) is 20.5 Å². The second kappa shape index (κ2) is 6.35. The topological polar surface area (TPSA) is 81.1 Å². The average molecular weight is 361 g/mol. The predicted molar refractivity (Wildman–Crippen MR) is 106 cm³/mol. The predicted octanol–water partition coefficient (Wildman–Crippen LogP) is 3.58. The SMILES string of the molecule is CC1(C)CC(=O)c2c(-c3ccccc3CO)c(-c3ccncc3)n(N)c2C1. The third-order valence-electron chi connectivity index (χ3n) is 5.28. The van der Waals surface area contributed by atoms with E-state index in [1.165, 1.54) is 0 Å². The first-order chi connectivity index (χ1) is 12.9. The monoisotopic (exact) mass is 361 g/mol. The van der Waals surface area contributed by atoms with Gasteiger partial charge in [0.2, 0.25) is 0 Å². The largest absolute Gasteiger partial charge is 0.392 e. The zero-order valence-electron chi connectivity index (χ0n) is 15.6. The van der Waals surface area contributed by atoms with E-state index in [2.05, 4.69) is 18.8 Å². The van der Waals surface area contributed by atoms with Gasteiger partial charge in [-0.2, -0.15) is 0 Å². The van der Waals surface area contributed by atoms with E-state index >= 15 is 0 Å². The number of aromatic nitrogens is 2. The minimum atomic E-state index is -0.136. The summed E-state index contributed by atoms with van der Waals surface area (Å²) in [5, 5.41) is 9.87. The van der Waals surface area contributed by atoms with Gasteiger partial charge in [-0.25, -0.2) is 0 Å². The summed E-state index contributed by atoms with van der Waals surface area (Å²) in [6.07, 6.45) is 4.64. The molecule has 138 valence electrons. The quantitative estimate of drug-likeness (QED) is 0.699. The highest BCUT2D eigenvalue weighted by Crippen LogP contribution is 2.45. The summed E-state index contributed by atoms with van der Waals surface area (Å²) in [5.41, 5.74) is 5.52. The van der Waals surface area contributed by atoms with E-state index in [4.69, 9.17) is 5.84 Å². The summed E-state index contributed by atoms with van der Waals surface area (Å²) in [6, 6.07) is 11.4. The number of ketones is 1. The number of aliphatic hydroxyl groups is 1. The number of fused-ring (bicyclic) bond motifs is 1. The van der Waals surface area contributed by atoms with E-state index in [0.29, 0.717) is 12.0 Å². The molecule has 4 rings (SSSR count). The van der Waals surface area contributed by atoms with Crippen LogP contribution in [0.15, 0.2) is 48.8 Å². The standard InChI is InChI=1S/C22H23N3O2/c1-22(2)11-17-20(18(27)12-22)19(16-6-4-3-5-15(16)13-26)21(25(17)23)14-7-9-24-10-8-14/h3-10,26H,11-13,23H2,1-2H3. The van der Waals surface area contributed by atoms with Crippen molar-refractivity contribution in [2.24, 2.45) is 5.41 Å². The van der Waals surface area contributed by atoms with Crippen LogP contribution in [0.4, 0.5) is 0 Å². The smallest absolute Gasteiger partial charge is 0.165 e. The molecular formula is C22H23N3O2. The fourth-order valence-corrected chi connectivity index (χ4v) is 4.11. The van der Waals surface area contributed by atoms with Gasteiger partial charge >= 0.3 is 0 Å². The van der Waals surface area contributed by atoms with Crippen molar-refractivity contribution in [1.82, 2.24) is 9.66 Å². The summed E-state index contributed by atoms with van der Waals surface area (Å²) >= 11 is 0. The van der Waals surface area contributed by atoms with Crippen molar-refractivity contribution in [2.45, 2.75) is 33.3 Å². The molecule has 2 aromatic heterocycles. The first-order valence-corrected chi connectivity index (χ1v) is 9.08. The first kappa shape index (κ1) is 17.5. The minimum absolute atomic E-state index is 0.100. The van der Waals surface area contributed by atoms with Crippen LogP contribution in [0.5, 0.6) is 0 Å². The maximum atomic E-state index is 13.1. The fraction of sp³-hybridized carbons (Fsp3) is 0.273. The number of hydrogen-bond donors (Lipinski definition) is 2. The molecule has 0 saturated heterocycles. The minimum Gasteiger partial charge on any atom is -0.392 e. The number of nitrogens with zero attached hydrogens (tertiary/aromatic N) is 2. The molecule has 27 heavy (non-hydrogen) atoms. The maximum Gasteiger partial charge on any atom is 0.165 e. The number of pyridine rings is 1.